The van der Waals surface area contributed by atoms with E-state index >= 15 is 0 Å². The van der Waals surface area contributed by atoms with Crippen molar-refractivity contribution >= 4 is 34.9 Å². The Morgan fingerprint density at radius 1 is 1.07 bits per heavy atom. The second-order valence-electron chi connectivity index (χ2n) is 10.5. The lowest BCUT2D eigenvalue weighted by molar-refractivity contribution is -0.151. The molecule has 0 radical (unpaired) electrons. The van der Waals surface area contributed by atoms with Gasteiger partial charge in [0, 0.05) is 18.3 Å². The first-order valence-electron chi connectivity index (χ1n) is 13.0. The second kappa shape index (κ2) is 11.6. The van der Waals surface area contributed by atoms with Crippen LogP contribution >= 0.6 is 11.8 Å². The Morgan fingerprint density at radius 3 is 2.38 bits per heavy atom. The van der Waals surface area contributed by atoms with Gasteiger partial charge in [-0.05, 0) is 68.5 Å². The molecule has 208 valence electrons. The lowest BCUT2D eigenvalue weighted by Gasteiger charge is -2.19. The third-order valence-corrected chi connectivity index (χ3v) is 7.23. The zero-order chi connectivity index (χ0) is 29.2. The van der Waals surface area contributed by atoms with Crippen LogP contribution in [0.4, 0.5) is 4.39 Å². The number of Topliss-reactive ketones (excluding diaryl/α,β-unsaturated/α-hetero) is 1. The molecule has 4 aromatic rings. The number of nitrogens with zero attached hydrogens (tertiary/aromatic N) is 2. The molecule has 40 heavy (non-hydrogen) atoms. The number of ether oxygens (including phenoxy) is 1. The van der Waals surface area contributed by atoms with Gasteiger partial charge >= 0.3 is 5.97 Å². The quantitative estimate of drug-likeness (QED) is 0.122. The van der Waals surface area contributed by atoms with E-state index in [1.807, 2.05) is 48.7 Å². The molecule has 0 aliphatic carbocycles. The summed E-state index contributed by atoms with van der Waals surface area (Å²) in [5.74, 6) is -2.64. The van der Waals surface area contributed by atoms with Crippen LogP contribution in [-0.2, 0) is 27.2 Å². The molecule has 0 saturated carbocycles. The normalized spacial score (nSPS) is 11.6. The van der Waals surface area contributed by atoms with Gasteiger partial charge < -0.3 is 14.9 Å². The van der Waals surface area contributed by atoms with Crippen LogP contribution in [0.2, 0.25) is 0 Å². The number of aromatic nitrogens is 2. The van der Waals surface area contributed by atoms with Crippen molar-refractivity contribution in [2.45, 2.75) is 58.1 Å². The smallest absolute Gasteiger partial charge is 0.316 e. The van der Waals surface area contributed by atoms with E-state index in [1.54, 1.807) is 32.9 Å². The van der Waals surface area contributed by atoms with Gasteiger partial charge in [-0.25, -0.2) is 9.37 Å². The van der Waals surface area contributed by atoms with E-state index in [4.69, 9.17) is 10.5 Å². The summed E-state index contributed by atoms with van der Waals surface area (Å²) in [5.41, 5.74) is 10.4. The number of thioether (sulfide) groups is 1. The van der Waals surface area contributed by atoms with Gasteiger partial charge in [0.2, 0.25) is 0 Å². The number of hydrogen-bond donors (Lipinski definition) is 1. The van der Waals surface area contributed by atoms with Crippen LogP contribution in [0, 0.1) is 12.7 Å². The highest BCUT2D eigenvalue weighted by atomic mass is 32.2. The first kappa shape index (κ1) is 29.0. The topological polar surface area (TPSA) is 104 Å². The maximum absolute atomic E-state index is 13.6. The largest absolute Gasteiger partial charge is 0.459 e. The summed E-state index contributed by atoms with van der Waals surface area (Å²) in [6.45, 7) is 9.11. The highest BCUT2D eigenvalue weighted by Crippen LogP contribution is 2.35. The SMILES string of the molecule is CCc1c(C(=O)C(N)=O)c2c(SCC(=O)OC(C)(C)C)nc(C)cn2c1Cc1ccccc1-c1ccc(F)cc1. The Labute approximate surface area is 236 Å². The van der Waals surface area contributed by atoms with Crippen molar-refractivity contribution in [1.29, 1.82) is 0 Å². The molecule has 7 nitrogen and oxygen atoms in total. The van der Waals surface area contributed by atoms with Crippen molar-refractivity contribution in [2.24, 2.45) is 5.73 Å². The number of primary amides is 1. The number of ketones is 1. The van der Waals surface area contributed by atoms with Crippen LogP contribution in [0.5, 0.6) is 0 Å². The number of nitrogens with two attached hydrogens (primary N) is 1. The monoisotopic (exact) mass is 561 g/mol. The van der Waals surface area contributed by atoms with Gasteiger partial charge in [0.1, 0.15) is 16.4 Å². The predicted molar refractivity (Wildman–Crippen MR) is 154 cm³/mol. The van der Waals surface area contributed by atoms with Crippen LogP contribution in [0.25, 0.3) is 16.6 Å². The van der Waals surface area contributed by atoms with E-state index in [0.717, 1.165) is 34.1 Å². The predicted octanol–water partition coefficient (Wildman–Crippen LogP) is 5.70. The molecule has 4 rings (SSSR count). The molecule has 0 spiro atoms. The minimum Gasteiger partial charge on any atom is -0.459 e. The molecule has 0 fully saturated rings. The molecule has 0 aliphatic heterocycles. The zero-order valence-corrected chi connectivity index (χ0v) is 24.0. The number of carbonyl (C=O) groups is 3. The lowest BCUT2D eigenvalue weighted by atomic mass is 9.94. The highest BCUT2D eigenvalue weighted by Gasteiger charge is 2.29. The molecule has 0 aliphatic rings. The third-order valence-electron chi connectivity index (χ3n) is 6.30. The van der Waals surface area contributed by atoms with E-state index in [0.29, 0.717) is 34.6 Å². The molecule has 2 N–H and O–H groups in total. The van der Waals surface area contributed by atoms with Crippen molar-refractivity contribution in [2.75, 3.05) is 5.75 Å². The van der Waals surface area contributed by atoms with E-state index in [9.17, 15) is 18.8 Å². The summed E-state index contributed by atoms with van der Waals surface area (Å²) in [5, 5.41) is 0.434. The fourth-order valence-electron chi connectivity index (χ4n) is 4.77. The number of amides is 1. The molecule has 0 saturated heterocycles. The maximum atomic E-state index is 13.6. The number of hydrogen-bond acceptors (Lipinski definition) is 6. The number of benzene rings is 2. The van der Waals surface area contributed by atoms with Gasteiger partial charge in [-0.2, -0.15) is 0 Å². The van der Waals surface area contributed by atoms with E-state index in [2.05, 4.69) is 4.98 Å². The van der Waals surface area contributed by atoms with Gasteiger partial charge in [0.25, 0.3) is 11.7 Å². The van der Waals surface area contributed by atoms with Crippen LogP contribution in [-0.4, -0.2) is 38.4 Å². The van der Waals surface area contributed by atoms with E-state index in [1.165, 1.54) is 12.1 Å². The van der Waals surface area contributed by atoms with Gasteiger partial charge in [-0.3, -0.25) is 14.4 Å². The molecule has 0 unspecified atom stereocenters. The standard InChI is InChI=1S/C31H32FN3O4S/c1-6-22-24(15-20-9-7-8-10-23(20)19-11-13-21(32)14-12-19)35-16-18(2)34-30(27(35)26(22)28(37)29(33)38)40-17-25(36)39-31(3,4)5/h7-14,16H,6,15,17H2,1-5H3,(H2,33,38). The van der Waals surface area contributed by atoms with Crippen molar-refractivity contribution < 1.29 is 23.5 Å². The van der Waals surface area contributed by atoms with Crippen LogP contribution in [0.1, 0.15) is 60.6 Å². The van der Waals surface area contributed by atoms with Gasteiger partial charge in [0.15, 0.2) is 0 Å². The Kier molecular flexibility index (Phi) is 8.44. The number of esters is 1. The molecule has 2 aromatic heterocycles. The van der Waals surface area contributed by atoms with Crippen molar-refractivity contribution in [3.05, 3.63) is 88.6 Å². The number of aryl methyl sites for hydroxylation is 1. The highest BCUT2D eigenvalue weighted by molar-refractivity contribution is 8.00. The maximum Gasteiger partial charge on any atom is 0.316 e. The summed E-state index contributed by atoms with van der Waals surface area (Å²) in [6.07, 6.45) is 2.70. The molecular formula is C31H32FN3O4S. The van der Waals surface area contributed by atoms with E-state index < -0.39 is 23.3 Å². The zero-order valence-electron chi connectivity index (χ0n) is 23.2. The summed E-state index contributed by atoms with van der Waals surface area (Å²) in [7, 11) is 0. The summed E-state index contributed by atoms with van der Waals surface area (Å²) in [6, 6.07) is 14.1. The average molecular weight is 562 g/mol. The number of carbonyl (C=O) groups excluding carboxylic acids is 3. The summed E-state index contributed by atoms with van der Waals surface area (Å²) >= 11 is 1.15. The molecule has 0 bridgehead atoms. The van der Waals surface area contributed by atoms with Crippen molar-refractivity contribution in [3.8, 4) is 11.1 Å². The van der Waals surface area contributed by atoms with Gasteiger partial charge in [-0.15, -0.1) is 0 Å². The van der Waals surface area contributed by atoms with Crippen LogP contribution in [0.3, 0.4) is 0 Å². The number of fused-ring (bicyclic) bond motifs is 1. The van der Waals surface area contributed by atoms with Crippen LogP contribution < -0.4 is 5.73 Å². The van der Waals surface area contributed by atoms with Crippen LogP contribution in [0.15, 0.2) is 59.8 Å². The Hall–Kier alpha value is -3.98. The van der Waals surface area contributed by atoms with Crippen molar-refractivity contribution in [1.82, 2.24) is 9.38 Å². The first-order chi connectivity index (χ1) is 18.9. The van der Waals surface area contributed by atoms with Crippen molar-refractivity contribution in [3.63, 3.8) is 0 Å². The van der Waals surface area contributed by atoms with E-state index in [-0.39, 0.29) is 17.1 Å². The minimum absolute atomic E-state index is 0.0248. The fourth-order valence-corrected chi connectivity index (χ4v) is 5.63. The van der Waals surface area contributed by atoms with Gasteiger partial charge in [-0.1, -0.05) is 55.1 Å². The Bertz CT molecular complexity index is 1600. The fraction of sp³-hybridized carbons (Fsp3) is 0.290. The minimum atomic E-state index is -1.07. The molecule has 2 heterocycles. The third kappa shape index (κ3) is 6.25. The Balaban J connectivity index is 1.89. The molecule has 2 aromatic carbocycles. The summed E-state index contributed by atoms with van der Waals surface area (Å²) in [4.78, 5) is 42.5. The molecule has 9 heteroatoms. The summed E-state index contributed by atoms with van der Waals surface area (Å²) < 4.78 is 21.0. The van der Waals surface area contributed by atoms with Gasteiger partial charge in [0.05, 0.1) is 22.5 Å². The Morgan fingerprint density at radius 2 is 1.75 bits per heavy atom. The second-order valence-corrected chi connectivity index (χ2v) is 11.4. The average Bonchev–Trinajstić information content (AvgIpc) is 3.19. The lowest BCUT2D eigenvalue weighted by Crippen LogP contribution is -2.25. The number of halogens is 1. The molecule has 1 amide bonds. The molecule has 0 atom stereocenters. The number of rotatable bonds is 9. The molecular weight excluding hydrogens is 529 g/mol. The first-order valence-corrected chi connectivity index (χ1v) is 13.9.